The maximum atomic E-state index is 9.32. The van der Waals surface area contributed by atoms with Gasteiger partial charge in [0, 0.05) is 29.8 Å². The molecule has 0 saturated carbocycles. The first kappa shape index (κ1) is 18.3. The molecule has 1 rings (SSSR count). The van der Waals surface area contributed by atoms with Crippen LogP contribution in [0.15, 0.2) is 18.2 Å². The first-order valence-corrected chi connectivity index (χ1v) is 8.42. The van der Waals surface area contributed by atoms with Gasteiger partial charge in [-0.05, 0) is 43.5 Å². The minimum atomic E-state index is 0.161. The SMILES string of the molecule is CCCNCc1ccc(N(CCO)C(CC)CC)cc1Cl. The lowest BCUT2D eigenvalue weighted by atomic mass is 10.1. The molecule has 3 nitrogen and oxygen atoms in total. The number of hydrogen-bond acceptors (Lipinski definition) is 3. The van der Waals surface area contributed by atoms with Gasteiger partial charge in [0.2, 0.25) is 0 Å². The van der Waals surface area contributed by atoms with Crippen LogP contribution in [-0.2, 0) is 6.54 Å². The molecule has 0 aliphatic heterocycles. The fraction of sp³-hybridized carbons (Fsp3) is 0.647. The average molecular weight is 313 g/mol. The van der Waals surface area contributed by atoms with Crippen molar-refractivity contribution >= 4 is 17.3 Å². The summed E-state index contributed by atoms with van der Waals surface area (Å²) in [6.07, 6.45) is 3.25. The normalized spacial score (nSPS) is 11.1. The lowest BCUT2D eigenvalue weighted by Gasteiger charge is -2.32. The number of aliphatic hydroxyl groups is 1. The number of halogens is 1. The first-order chi connectivity index (χ1) is 10.2. The molecule has 0 radical (unpaired) electrons. The Balaban J connectivity index is 2.87. The molecule has 1 aromatic carbocycles. The third kappa shape index (κ3) is 5.50. The molecular formula is C17H29ClN2O. The predicted molar refractivity (Wildman–Crippen MR) is 92.3 cm³/mol. The summed E-state index contributed by atoms with van der Waals surface area (Å²) in [5.41, 5.74) is 2.23. The van der Waals surface area contributed by atoms with Gasteiger partial charge in [0.25, 0.3) is 0 Å². The zero-order valence-corrected chi connectivity index (χ0v) is 14.3. The smallest absolute Gasteiger partial charge is 0.0606 e. The van der Waals surface area contributed by atoms with E-state index in [1.807, 2.05) is 6.07 Å². The van der Waals surface area contributed by atoms with Crippen LogP contribution in [0.25, 0.3) is 0 Å². The molecule has 0 atom stereocenters. The summed E-state index contributed by atoms with van der Waals surface area (Å²) in [6, 6.07) is 6.67. The van der Waals surface area contributed by atoms with Crippen molar-refractivity contribution in [2.45, 2.75) is 52.6 Å². The van der Waals surface area contributed by atoms with E-state index in [9.17, 15) is 5.11 Å². The summed E-state index contributed by atoms with van der Waals surface area (Å²) in [7, 11) is 0. The van der Waals surface area contributed by atoms with Gasteiger partial charge < -0.3 is 15.3 Å². The van der Waals surface area contributed by atoms with E-state index in [4.69, 9.17) is 11.6 Å². The summed E-state index contributed by atoms with van der Waals surface area (Å²) in [5, 5.41) is 13.5. The molecule has 0 aliphatic rings. The number of rotatable bonds is 10. The Morgan fingerprint density at radius 2 is 1.95 bits per heavy atom. The molecule has 21 heavy (non-hydrogen) atoms. The zero-order chi connectivity index (χ0) is 15.7. The van der Waals surface area contributed by atoms with Gasteiger partial charge in [-0.3, -0.25) is 0 Å². The minimum absolute atomic E-state index is 0.161. The number of aliphatic hydroxyl groups excluding tert-OH is 1. The molecule has 2 N–H and O–H groups in total. The van der Waals surface area contributed by atoms with Crippen LogP contribution in [0.3, 0.4) is 0 Å². The van der Waals surface area contributed by atoms with Crippen molar-refractivity contribution in [1.82, 2.24) is 5.32 Å². The van der Waals surface area contributed by atoms with Gasteiger partial charge in [-0.25, -0.2) is 0 Å². The summed E-state index contributed by atoms with van der Waals surface area (Å²) >= 11 is 6.41. The van der Waals surface area contributed by atoms with Crippen molar-refractivity contribution < 1.29 is 5.11 Å². The van der Waals surface area contributed by atoms with E-state index in [0.29, 0.717) is 12.6 Å². The molecule has 0 unspecified atom stereocenters. The largest absolute Gasteiger partial charge is 0.395 e. The van der Waals surface area contributed by atoms with Crippen molar-refractivity contribution in [3.05, 3.63) is 28.8 Å². The summed E-state index contributed by atoms with van der Waals surface area (Å²) in [4.78, 5) is 2.26. The van der Waals surface area contributed by atoms with Crippen LogP contribution in [0.5, 0.6) is 0 Å². The van der Waals surface area contributed by atoms with Crippen LogP contribution in [-0.4, -0.2) is 30.8 Å². The fourth-order valence-corrected chi connectivity index (χ4v) is 2.86. The highest BCUT2D eigenvalue weighted by Crippen LogP contribution is 2.26. The van der Waals surface area contributed by atoms with Gasteiger partial charge in [-0.15, -0.1) is 0 Å². The topological polar surface area (TPSA) is 35.5 Å². The van der Waals surface area contributed by atoms with Crippen LogP contribution < -0.4 is 10.2 Å². The Bertz CT molecular complexity index is 408. The van der Waals surface area contributed by atoms with E-state index in [2.05, 4.69) is 43.1 Å². The van der Waals surface area contributed by atoms with E-state index < -0.39 is 0 Å². The summed E-state index contributed by atoms with van der Waals surface area (Å²) in [5.74, 6) is 0. The lowest BCUT2D eigenvalue weighted by molar-refractivity contribution is 0.296. The molecule has 0 saturated heterocycles. The van der Waals surface area contributed by atoms with E-state index in [1.54, 1.807) is 0 Å². The zero-order valence-electron chi connectivity index (χ0n) is 13.5. The van der Waals surface area contributed by atoms with Crippen LogP contribution >= 0.6 is 11.6 Å². The molecule has 0 bridgehead atoms. The minimum Gasteiger partial charge on any atom is -0.395 e. The van der Waals surface area contributed by atoms with Crippen molar-refractivity contribution in [3.63, 3.8) is 0 Å². The number of nitrogens with zero attached hydrogens (tertiary/aromatic N) is 1. The van der Waals surface area contributed by atoms with E-state index >= 15 is 0 Å². The standard InChI is InChI=1S/C17H29ClN2O/c1-4-9-19-13-14-7-8-16(12-17(14)18)20(10-11-21)15(5-2)6-3/h7-8,12,15,19,21H,4-6,9-11,13H2,1-3H3. The maximum absolute atomic E-state index is 9.32. The molecule has 0 amide bonds. The first-order valence-electron chi connectivity index (χ1n) is 8.04. The van der Waals surface area contributed by atoms with Crippen LogP contribution in [0.1, 0.15) is 45.6 Å². The van der Waals surface area contributed by atoms with Gasteiger partial charge in [0.15, 0.2) is 0 Å². The van der Waals surface area contributed by atoms with Gasteiger partial charge in [0.1, 0.15) is 0 Å². The van der Waals surface area contributed by atoms with Crippen molar-refractivity contribution in [1.29, 1.82) is 0 Å². The Kier molecular flexibility index (Phi) is 8.74. The second kappa shape index (κ2) is 10.0. The van der Waals surface area contributed by atoms with Gasteiger partial charge >= 0.3 is 0 Å². The molecule has 0 aromatic heterocycles. The molecule has 0 heterocycles. The lowest BCUT2D eigenvalue weighted by Crippen LogP contribution is -2.36. The van der Waals surface area contributed by atoms with E-state index in [1.165, 1.54) is 0 Å². The Labute approximate surface area is 134 Å². The van der Waals surface area contributed by atoms with Gasteiger partial charge in [-0.1, -0.05) is 38.4 Å². The third-order valence-corrected chi connectivity index (χ3v) is 4.19. The van der Waals surface area contributed by atoms with Crippen LogP contribution in [0, 0.1) is 0 Å². The quantitative estimate of drug-likeness (QED) is 0.645. The Morgan fingerprint density at radius 3 is 2.48 bits per heavy atom. The molecule has 120 valence electrons. The number of benzene rings is 1. The molecule has 0 aliphatic carbocycles. The van der Waals surface area contributed by atoms with Crippen molar-refractivity contribution in [2.75, 3.05) is 24.6 Å². The highest BCUT2D eigenvalue weighted by atomic mass is 35.5. The second-order valence-electron chi connectivity index (χ2n) is 5.34. The number of hydrogen-bond donors (Lipinski definition) is 2. The molecule has 1 aromatic rings. The Morgan fingerprint density at radius 1 is 1.24 bits per heavy atom. The monoisotopic (exact) mass is 312 g/mol. The maximum Gasteiger partial charge on any atom is 0.0606 e. The van der Waals surface area contributed by atoms with E-state index in [-0.39, 0.29) is 6.61 Å². The highest BCUT2D eigenvalue weighted by Gasteiger charge is 2.16. The van der Waals surface area contributed by atoms with Crippen molar-refractivity contribution in [3.8, 4) is 0 Å². The second-order valence-corrected chi connectivity index (χ2v) is 5.75. The molecule has 4 heteroatoms. The van der Waals surface area contributed by atoms with E-state index in [0.717, 1.165) is 48.6 Å². The summed E-state index contributed by atoms with van der Waals surface area (Å²) < 4.78 is 0. The molecule has 0 fully saturated rings. The Hall–Kier alpha value is -0.770. The average Bonchev–Trinajstić information content (AvgIpc) is 2.49. The summed E-state index contributed by atoms with van der Waals surface area (Å²) in [6.45, 7) is 9.14. The van der Waals surface area contributed by atoms with Crippen LogP contribution in [0.4, 0.5) is 5.69 Å². The number of anilines is 1. The van der Waals surface area contributed by atoms with Crippen LogP contribution in [0.2, 0.25) is 5.02 Å². The van der Waals surface area contributed by atoms with Crippen molar-refractivity contribution in [2.24, 2.45) is 0 Å². The predicted octanol–water partition coefficient (Wildman–Crippen LogP) is 3.83. The van der Waals surface area contributed by atoms with Gasteiger partial charge in [0.05, 0.1) is 6.61 Å². The highest BCUT2D eigenvalue weighted by molar-refractivity contribution is 6.31. The van der Waals surface area contributed by atoms with Gasteiger partial charge in [-0.2, -0.15) is 0 Å². The molecule has 0 spiro atoms. The fourth-order valence-electron chi connectivity index (χ4n) is 2.62. The third-order valence-electron chi connectivity index (χ3n) is 3.83. The number of nitrogens with one attached hydrogen (secondary N) is 1. The molecular weight excluding hydrogens is 284 g/mol.